The van der Waals surface area contributed by atoms with Gasteiger partial charge in [-0.05, 0) is 41.3 Å². The summed E-state index contributed by atoms with van der Waals surface area (Å²) in [5, 5.41) is 3.25. The van der Waals surface area contributed by atoms with Gasteiger partial charge in [0.2, 0.25) is 0 Å². The van der Waals surface area contributed by atoms with Crippen LogP contribution in [0, 0.1) is 0 Å². The number of hydrogen-bond donors (Lipinski definition) is 1. The molecule has 0 saturated heterocycles. The number of hydrogen-bond acceptors (Lipinski definition) is 3. The minimum absolute atomic E-state index is 0.657. The Hall–Kier alpha value is -1.39. The van der Waals surface area contributed by atoms with Crippen LogP contribution in [0.5, 0.6) is 0 Å². The summed E-state index contributed by atoms with van der Waals surface area (Å²) in [5.74, 6) is 0.657. The number of fused-ring (bicyclic) bond motifs is 1. The largest absolute Gasteiger partial charge is 0.375 e. The van der Waals surface area contributed by atoms with Gasteiger partial charge >= 0.3 is 0 Å². The van der Waals surface area contributed by atoms with Crippen LogP contribution >= 0.6 is 27.3 Å². The molecule has 1 heterocycles. The Bertz CT molecular complexity index is 821. The quantitative estimate of drug-likeness (QED) is 0.706. The van der Waals surface area contributed by atoms with E-state index < -0.39 is 0 Å². The van der Waals surface area contributed by atoms with Crippen molar-refractivity contribution in [3.8, 4) is 0 Å². The van der Waals surface area contributed by atoms with Crippen molar-refractivity contribution in [2.75, 3.05) is 5.73 Å². The number of benzene rings is 2. The average Bonchev–Trinajstić information content (AvgIpc) is 3.24. The number of halogens is 1. The van der Waals surface area contributed by atoms with Crippen LogP contribution in [-0.2, 0) is 6.42 Å². The molecule has 1 aliphatic carbocycles. The molecule has 4 heteroatoms. The highest BCUT2D eigenvalue weighted by molar-refractivity contribution is 9.10. The molecule has 1 fully saturated rings. The summed E-state index contributed by atoms with van der Waals surface area (Å²) in [4.78, 5) is 5.87. The highest BCUT2D eigenvalue weighted by Crippen LogP contribution is 2.43. The first-order valence-corrected chi connectivity index (χ1v) is 8.73. The zero-order valence-corrected chi connectivity index (χ0v) is 13.9. The smallest absolute Gasteiger partial charge is 0.180 e. The number of thiazole rings is 1. The molecule has 1 saturated carbocycles. The lowest BCUT2D eigenvalue weighted by molar-refractivity contribution is 1.01. The second-order valence-corrected chi connectivity index (χ2v) is 7.67. The minimum atomic E-state index is 0.657. The number of aromatic nitrogens is 1. The van der Waals surface area contributed by atoms with Crippen LogP contribution < -0.4 is 5.73 Å². The fourth-order valence-electron chi connectivity index (χ4n) is 2.75. The van der Waals surface area contributed by atoms with Crippen LogP contribution in [0.4, 0.5) is 5.13 Å². The van der Waals surface area contributed by atoms with Gasteiger partial charge in [-0.2, -0.15) is 0 Å². The van der Waals surface area contributed by atoms with E-state index in [1.807, 2.05) is 0 Å². The second-order valence-electron chi connectivity index (χ2n) is 5.64. The summed E-state index contributed by atoms with van der Waals surface area (Å²) in [7, 11) is 0. The fourth-order valence-corrected chi connectivity index (χ4v) is 4.08. The highest BCUT2D eigenvalue weighted by atomic mass is 79.9. The molecule has 3 aromatic rings. The van der Waals surface area contributed by atoms with Gasteiger partial charge in [-0.15, -0.1) is 11.3 Å². The first-order chi connectivity index (χ1) is 10.2. The molecule has 0 radical (unpaired) electrons. The number of anilines is 1. The Labute approximate surface area is 136 Å². The molecule has 2 aromatic carbocycles. The molecule has 0 unspecified atom stereocenters. The molecule has 0 atom stereocenters. The van der Waals surface area contributed by atoms with Crippen LogP contribution in [0.25, 0.3) is 10.8 Å². The van der Waals surface area contributed by atoms with Gasteiger partial charge in [0.05, 0.1) is 5.69 Å². The molecule has 1 aromatic heterocycles. The van der Waals surface area contributed by atoms with E-state index in [1.54, 1.807) is 11.3 Å². The predicted molar refractivity (Wildman–Crippen MR) is 93.0 cm³/mol. The van der Waals surface area contributed by atoms with Gasteiger partial charge < -0.3 is 5.73 Å². The van der Waals surface area contributed by atoms with Crippen molar-refractivity contribution >= 4 is 43.2 Å². The Balaban J connectivity index is 1.69. The van der Waals surface area contributed by atoms with Crippen LogP contribution in [0.2, 0.25) is 0 Å². The Morgan fingerprint density at radius 1 is 1.14 bits per heavy atom. The SMILES string of the molecule is Nc1nc(C2CC2)c(Cc2ccc3cc(Br)ccc3c2)s1. The van der Waals surface area contributed by atoms with E-state index in [-0.39, 0.29) is 0 Å². The normalized spacial score (nSPS) is 14.7. The van der Waals surface area contributed by atoms with Crippen molar-refractivity contribution in [3.05, 3.63) is 57.0 Å². The van der Waals surface area contributed by atoms with Gasteiger partial charge in [-0.3, -0.25) is 0 Å². The molecule has 21 heavy (non-hydrogen) atoms. The number of rotatable bonds is 3. The predicted octanol–water partition coefficient (Wildman–Crippen LogP) is 5.11. The number of nitrogens with zero attached hydrogens (tertiary/aromatic N) is 1. The van der Waals surface area contributed by atoms with E-state index in [4.69, 9.17) is 5.73 Å². The lowest BCUT2D eigenvalue weighted by atomic mass is 10.0. The van der Waals surface area contributed by atoms with Gasteiger partial charge in [-0.1, -0.05) is 40.2 Å². The fraction of sp³-hybridized carbons (Fsp3) is 0.235. The molecule has 1 aliphatic rings. The molecule has 2 nitrogen and oxygen atoms in total. The van der Waals surface area contributed by atoms with Crippen LogP contribution in [-0.4, -0.2) is 4.98 Å². The summed E-state index contributed by atoms with van der Waals surface area (Å²) in [5.41, 5.74) is 8.48. The first kappa shape index (κ1) is 13.3. The number of nitrogens with two attached hydrogens (primary N) is 1. The van der Waals surface area contributed by atoms with Crippen molar-refractivity contribution < 1.29 is 0 Å². The number of nitrogen functional groups attached to an aromatic ring is 1. The van der Waals surface area contributed by atoms with E-state index in [2.05, 4.69) is 57.3 Å². The second kappa shape index (κ2) is 5.11. The Morgan fingerprint density at radius 2 is 1.90 bits per heavy atom. The van der Waals surface area contributed by atoms with Gasteiger partial charge in [-0.25, -0.2) is 4.98 Å². The van der Waals surface area contributed by atoms with Crippen molar-refractivity contribution in [3.63, 3.8) is 0 Å². The van der Waals surface area contributed by atoms with Crippen molar-refractivity contribution in [2.24, 2.45) is 0 Å². The maximum atomic E-state index is 5.91. The molecule has 4 rings (SSSR count). The van der Waals surface area contributed by atoms with Crippen LogP contribution in [0.15, 0.2) is 40.9 Å². The Morgan fingerprint density at radius 3 is 2.71 bits per heavy atom. The third-order valence-electron chi connectivity index (χ3n) is 3.94. The third kappa shape index (κ3) is 2.70. The monoisotopic (exact) mass is 358 g/mol. The summed E-state index contributed by atoms with van der Waals surface area (Å²) < 4.78 is 1.12. The molecule has 106 valence electrons. The van der Waals surface area contributed by atoms with Crippen LogP contribution in [0.3, 0.4) is 0 Å². The van der Waals surface area contributed by atoms with Gasteiger partial charge in [0.1, 0.15) is 0 Å². The van der Waals surface area contributed by atoms with Crippen molar-refractivity contribution in [2.45, 2.75) is 25.2 Å². The molecule has 0 bridgehead atoms. The summed E-state index contributed by atoms with van der Waals surface area (Å²) in [6, 6.07) is 13.1. The maximum absolute atomic E-state index is 5.91. The molecule has 0 spiro atoms. The molecule has 2 N–H and O–H groups in total. The summed E-state index contributed by atoms with van der Waals surface area (Å²) in [6.07, 6.45) is 3.47. The molecule has 0 amide bonds. The van der Waals surface area contributed by atoms with E-state index >= 15 is 0 Å². The van der Waals surface area contributed by atoms with Gasteiger partial charge in [0, 0.05) is 21.7 Å². The zero-order valence-electron chi connectivity index (χ0n) is 11.5. The van der Waals surface area contributed by atoms with Gasteiger partial charge in [0.25, 0.3) is 0 Å². The summed E-state index contributed by atoms with van der Waals surface area (Å²) >= 11 is 5.16. The average molecular weight is 359 g/mol. The van der Waals surface area contributed by atoms with E-state index in [1.165, 1.54) is 39.7 Å². The first-order valence-electron chi connectivity index (χ1n) is 7.12. The zero-order chi connectivity index (χ0) is 14.4. The van der Waals surface area contributed by atoms with Crippen molar-refractivity contribution in [1.82, 2.24) is 4.98 Å². The lowest BCUT2D eigenvalue weighted by Crippen LogP contribution is -1.91. The Kier molecular flexibility index (Phi) is 3.23. The van der Waals surface area contributed by atoms with Gasteiger partial charge in [0.15, 0.2) is 5.13 Å². The third-order valence-corrected chi connectivity index (χ3v) is 5.33. The molecular formula is C17H15BrN2S. The topological polar surface area (TPSA) is 38.9 Å². The molecule has 0 aliphatic heterocycles. The highest BCUT2D eigenvalue weighted by Gasteiger charge is 2.29. The maximum Gasteiger partial charge on any atom is 0.180 e. The minimum Gasteiger partial charge on any atom is -0.375 e. The van der Waals surface area contributed by atoms with E-state index in [0.717, 1.165) is 10.9 Å². The molecular weight excluding hydrogens is 344 g/mol. The lowest BCUT2D eigenvalue weighted by Gasteiger charge is -2.05. The standard InChI is InChI=1S/C17H15BrN2S/c18-14-6-5-12-7-10(1-2-13(12)9-14)8-15-16(11-3-4-11)20-17(19)21-15/h1-2,5-7,9,11H,3-4,8H2,(H2,19,20). The van der Waals surface area contributed by atoms with Crippen LogP contribution in [0.1, 0.15) is 34.9 Å². The van der Waals surface area contributed by atoms with E-state index in [0.29, 0.717) is 11.0 Å². The van der Waals surface area contributed by atoms with E-state index in [9.17, 15) is 0 Å². The van der Waals surface area contributed by atoms with Crippen molar-refractivity contribution in [1.29, 1.82) is 0 Å². The summed E-state index contributed by atoms with van der Waals surface area (Å²) in [6.45, 7) is 0.